The van der Waals surface area contributed by atoms with Gasteiger partial charge in [0.05, 0.1) is 18.1 Å². The highest BCUT2D eigenvalue weighted by molar-refractivity contribution is 7.80. The van der Waals surface area contributed by atoms with E-state index >= 15 is 0 Å². The number of carbonyl (C=O) groups excluding carboxylic acids is 1. The molecule has 25 heavy (non-hydrogen) atoms. The maximum absolute atomic E-state index is 12.2. The quantitative estimate of drug-likeness (QED) is 0.457. The fraction of sp³-hybridized carbons (Fsp3) is 0.0667. The van der Waals surface area contributed by atoms with Gasteiger partial charge in [0.2, 0.25) is 0 Å². The van der Waals surface area contributed by atoms with Crippen LogP contribution in [0.15, 0.2) is 36.4 Å². The lowest BCUT2D eigenvalue weighted by Crippen LogP contribution is -2.34. The number of hydrogen-bond acceptors (Lipinski definition) is 5. The zero-order valence-electron chi connectivity index (χ0n) is 12.7. The molecule has 0 unspecified atom stereocenters. The second-order valence-corrected chi connectivity index (χ2v) is 5.99. The van der Waals surface area contributed by atoms with Crippen molar-refractivity contribution < 1.29 is 14.5 Å². The lowest BCUT2D eigenvalue weighted by atomic mass is 10.2. The summed E-state index contributed by atoms with van der Waals surface area (Å²) in [4.78, 5) is 22.7. The molecule has 2 aromatic rings. The molecule has 0 aliphatic carbocycles. The second-order valence-electron chi connectivity index (χ2n) is 4.71. The Kier molecular flexibility index (Phi) is 6.13. The van der Waals surface area contributed by atoms with Gasteiger partial charge in [-0.25, -0.2) is 0 Å². The van der Waals surface area contributed by atoms with Crippen molar-refractivity contribution in [1.82, 2.24) is 5.32 Å². The van der Waals surface area contributed by atoms with Gasteiger partial charge in [0.25, 0.3) is 11.6 Å². The summed E-state index contributed by atoms with van der Waals surface area (Å²) in [6.45, 7) is 0. The van der Waals surface area contributed by atoms with Gasteiger partial charge in [-0.05, 0) is 42.5 Å². The molecule has 0 heterocycles. The molecule has 2 N–H and O–H groups in total. The number of benzene rings is 2. The van der Waals surface area contributed by atoms with Crippen LogP contribution in [-0.2, 0) is 0 Å². The van der Waals surface area contributed by atoms with Crippen LogP contribution in [0.5, 0.6) is 5.75 Å². The smallest absolute Gasteiger partial charge is 0.296 e. The maximum Gasteiger partial charge on any atom is 0.296 e. The van der Waals surface area contributed by atoms with E-state index in [-0.39, 0.29) is 22.1 Å². The molecular formula is C15H11Cl2N3O4S. The monoisotopic (exact) mass is 399 g/mol. The number of hydrogen-bond donors (Lipinski definition) is 2. The van der Waals surface area contributed by atoms with Gasteiger partial charge in [-0.3, -0.25) is 20.2 Å². The van der Waals surface area contributed by atoms with Gasteiger partial charge in [0.15, 0.2) is 5.11 Å². The number of nitrogens with zero attached hydrogens (tertiary/aromatic N) is 1. The Hall–Kier alpha value is -2.42. The number of amides is 1. The summed E-state index contributed by atoms with van der Waals surface area (Å²) >= 11 is 16.7. The van der Waals surface area contributed by atoms with E-state index < -0.39 is 10.8 Å². The number of rotatable bonds is 4. The summed E-state index contributed by atoms with van der Waals surface area (Å²) in [6.07, 6.45) is 0. The third-order valence-corrected chi connectivity index (χ3v) is 3.64. The van der Waals surface area contributed by atoms with Crippen LogP contribution < -0.4 is 15.4 Å². The summed E-state index contributed by atoms with van der Waals surface area (Å²) in [5.41, 5.74) is 0.0628. The number of nitro groups is 1. The van der Waals surface area contributed by atoms with Crippen molar-refractivity contribution >= 4 is 57.8 Å². The molecule has 1 amide bonds. The summed E-state index contributed by atoms with van der Waals surface area (Å²) < 4.78 is 4.95. The molecule has 0 bridgehead atoms. The van der Waals surface area contributed by atoms with Crippen molar-refractivity contribution in [2.24, 2.45) is 0 Å². The second kappa shape index (κ2) is 8.11. The van der Waals surface area contributed by atoms with Crippen LogP contribution in [0.2, 0.25) is 10.0 Å². The number of nitrogens with one attached hydrogen (secondary N) is 2. The first-order valence-electron chi connectivity index (χ1n) is 6.71. The normalized spacial score (nSPS) is 10.0. The lowest BCUT2D eigenvalue weighted by Gasteiger charge is -2.11. The van der Waals surface area contributed by atoms with E-state index in [0.717, 1.165) is 0 Å². The number of anilines is 1. The fourth-order valence-corrected chi connectivity index (χ4v) is 2.64. The summed E-state index contributed by atoms with van der Waals surface area (Å²) in [5, 5.41) is 16.6. The van der Waals surface area contributed by atoms with Crippen LogP contribution in [0.3, 0.4) is 0 Å². The number of nitro benzene ring substituents is 1. The Labute approximate surface area is 158 Å². The first kappa shape index (κ1) is 18.9. The SMILES string of the molecule is COc1ccc(NC(=S)NC(=O)c2cc(Cl)cc(Cl)c2)c([N+](=O)[O-])c1. The van der Waals surface area contributed by atoms with Crippen LogP contribution in [0.25, 0.3) is 0 Å². The van der Waals surface area contributed by atoms with Crippen LogP contribution in [0, 0.1) is 10.1 Å². The molecule has 7 nitrogen and oxygen atoms in total. The topological polar surface area (TPSA) is 93.5 Å². The number of methoxy groups -OCH3 is 1. The van der Waals surface area contributed by atoms with Crippen molar-refractivity contribution in [3.05, 3.63) is 62.1 Å². The Bertz CT molecular complexity index is 840. The number of ether oxygens (including phenoxy) is 1. The molecule has 0 saturated heterocycles. The van der Waals surface area contributed by atoms with Gasteiger partial charge in [0, 0.05) is 15.6 Å². The Morgan fingerprint density at radius 3 is 2.40 bits per heavy atom. The van der Waals surface area contributed by atoms with Crippen molar-refractivity contribution in [2.75, 3.05) is 12.4 Å². The van der Waals surface area contributed by atoms with E-state index in [9.17, 15) is 14.9 Å². The van der Waals surface area contributed by atoms with Crippen LogP contribution in [0.4, 0.5) is 11.4 Å². The zero-order valence-corrected chi connectivity index (χ0v) is 15.0. The molecule has 0 aromatic heterocycles. The van der Waals surface area contributed by atoms with E-state index in [2.05, 4.69) is 10.6 Å². The molecule has 2 rings (SSSR count). The zero-order chi connectivity index (χ0) is 18.6. The molecule has 0 radical (unpaired) electrons. The Morgan fingerprint density at radius 1 is 1.20 bits per heavy atom. The standard InChI is InChI=1S/C15H11Cl2N3O4S/c1-24-11-2-3-12(13(7-11)20(22)23)18-15(25)19-14(21)8-4-9(16)6-10(17)5-8/h2-7H,1H3,(H2,18,19,21,25). The predicted molar refractivity (Wildman–Crippen MR) is 99.8 cm³/mol. The molecule has 10 heteroatoms. The molecule has 2 aromatic carbocycles. The lowest BCUT2D eigenvalue weighted by molar-refractivity contribution is -0.384. The molecule has 0 atom stereocenters. The van der Waals surface area contributed by atoms with E-state index in [4.69, 9.17) is 40.2 Å². The molecule has 0 aliphatic rings. The van der Waals surface area contributed by atoms with Gasteiger partial charge >= 0.3 is 0 Å². The largest absolute Gasteiger partial charge is 0.496 e. The molecule has 0 aliphatic heterocycles. The average Bonchev–Trinajstić information content (AvgIpc) is 2.53. The van der Waals surface area contributed by atoms with Crippen molar-refractivity contribution in [3.63, 3.8) is 0 Å². The molecular weight excluding hydrogens is 389 g/mol. The van der Waals surface area contributed by atoms with Gasteiger partial charge in [-0.2, -0.15) is 0 Å². The summed E-state index contributed by atoms with van der Waals surface area (Å²) in [5.74, 6) is -0.237. The van der Waals surface area contributed by atoms with Gasteiger partial charge in [0.1, 0.15) is 11.4 Å². The third-order valence-electron chi connectivity index (χ3n) is 3.00. The highest BCUT2D eigenvalue weighted by Gasteiger charge is 2.17. The third kappa shape index (κ3) is 5.02. The average molecular weight is 400 g/mol. The molecule has 0 fully saturated rings. The van der Waals surface area contributed by atoms with E-state index in [1.807, 2.05) is 0 Å². The highest BCUT2D eigenvalue weighted by atomic mass is 35.5. The van der Waals surface area contributed by atoms with Crippen LogP contribution in [0.1, 0.15) is 10.4 Å². The number of thiocarbonyl (C=S) groups is 1. The van der Waals surface area contributed by atoms with Crippen molar-refractivity contribution in [1.29, 1.82) is 0 Å². The van der Waals surface area contributed by atoms with Crippen molar-refractivity contribution in [2.45, 2.75) is 0 Å². The summed E-state index contributed by atoms with van der Waals surface area (Å²) in [6, 6.07) is 8.51. The van der Waals surface area contributed by atoms with Gasteiger partial charge < -0.3 is 10.1 Å². The maximum atomic E-state index is 12.2. The highest BCUT2D eigenvalue weighted by Crippen LogP contribution is 2.28. The molecule has 130 valence electrons. The van der Waals surface area contributed by atoms with Crippen LogP contribution in [-0.4, -0.2) is 23.1 Å². The first-order chi connectivity index (χ1) is 11.8. The Morgan fingerprint density at radius 2 is 1.84 bits per heavy atom. The molecule has 0 spiro atoms. The van der Waals surface area contributed by atoms with E-state index in [1.54, 1.807) is 0 Å². The summed E-state index contributed by atoms with van der Waals surface area (Å²) in [7, 11) is 1.40. The number of halogens is 2. The first-order valence-corrected chi connectivity index (χ1v) is 7.87. The van der Waals surface area contributed by atoms with E-state index in [0.29, 0.717) is 15.8 Å². The minimum Gasteiger partial charge on any atom is -0.496 e. The minimum atomic E-state index is -0.591. The van der Waals surface area contributed by atoms with Crippen molar-refractivity contribution in [3.8, 4) is 5.75 Å². The fourth-order valence-electron chi connectivity index (χ4n) is 1.91. The number of carbonyl (C=O) groups is 1. The van der Waals surface area contributed by atoms with E-state index in [1.165, 1.54) is 43.5 Å². The Balaban J connectivity index is 2.14. The molecule has 0 saturated carbocycles. The minimum absolute atomic E-state index is 0.111. The predicted octanol–water partition coefficient (Wildman–Crippen LogP) is 4.04. The van der Waals surface area contributed by atoms with Crippen LogP contribution >= 0.6 is 35.4 Å². The van der Waals surface area contributed by atoms with Gasteiger partial charge in [-0.15, -0.1) is 0 Å². The van der Waals surface area contributed by atoms with Gasteiger partial charge in [-0.1, -0.05) is 23.2 Å².